The van der Waals surface area contributed by atoms with Crippen LogP contribution in [0.5, 0.6) is 5.75 Å². The van der Waals surface area contributed by atoms with E-state index >= 15 is 0 Å². The predicted molar refractivity (Wildman–Crippen MR) is 56.8 cm³/mol. The van der Waals surface area contributed by atoms with Gasteiger partial charge in [-0.25, -0.2) is 0 Å². The Morgan fingerprint density at radius 1 is 1.40 bits per heavy atom. The third kappa shape index (κ3) is 1.50. The highest BCUT2D eigenvalue weighted by Gasteiger charge is 2.10. The zero-order valence-corrected chi connectivity index (χ0v) is 8.23. The second-order valence-corrected chi connectivity index (χ2v) is 3.08. The van der Waals surface area contributed by atoms with E-state index in [9.17, 15) is 4.79 Å². The van der Waals surface area contributed by atoms with Crippen molar-refractivity contribution < 1.29 is 9.53 Å². The molecule has 0 aliphatic rings. The van der Waals surface area contributed by atoms with Gasteiger partial charge in [0.15, 0.2) is 0 Å². The Bertz CT molecular complexity index is 523. The van der Waals surface area contributed by atoms with Crippen molar-refractivity contribution in [2.75, 3.05) is 7.11 Å². The third-order valence-corrected chi connectivity index (χ3v) is 2.22. The maximum absolute atomic E-state index is 11.2. The molecule has 0 spiro atoms. The van der Waals surface area contributed by atoms with Crippen molar-refractivity contribution in [1.29, 1.82) is 0 Å². The van der Waals surface area contributed by atoms with Crippen molar-refractivity contribution in [3.8, 4) is 5.75 Å². The third-order valence-electron chi connectivity index (χ3n) is 2.22. The van der Waals surface area contributed by atoms with E-state index in [2.05, 4.69) is 4.98 Å². The molecule has 0 saturated heterocycles. The molecule has 76 valence electrons. The molecule has 2 rings (SSSR count). The van der Waals surface area contributed by atoms with Crippen LogP contribution in [0.4, 0.5) is 0 Å². The number of rotatable bonds is 2. The van der Waals surface area contributed by atoms with Gasteiger partial charge in [0.25, 0.3) is 0 Å². The molecule has 1 aromatic carbocycles. The summed E-state index contributed by atoms with van der Waals surface area (Å²) in [4.78, 5) is 15.3. The number of nitrogens with two attached hydrogens (primary N) is 1. The number of pyridine rings is 1. The van der Waals surface area contributed by atoms with Crippen LogP contribution in [0.25, 0.3) is 10.9 Å². The lowest BCUT2D eigenvalue weighted by Crippen LogP contribution is -2.11. The fourth-order valence-corrected chi connectivity index (χ4v) is 1.53. The van der Waals surface area contributed by atoms with Crippen molar-refractivity contribution >= 4 is 16.8 Å². The number of primary amides is 1. The van der Waals surface area contributed by atoms with Gasteiger partial charge in [0, 0.05) is 17.1 Å². The zero-order valence-electron chi connectivity index (χ0n) is 8.23. The molecule has 2 aromatic rings. The number of amides is 1. The van der Waals surface area contributed by atoms with Crippen LogP contribution in [0.15, 0.2) is 30.5 Å². The predicted octanol–water partition coefficient (Wildman–Crippen LogP) is 1.34. The molecule has 0 aliphatic carbocycles. The Kier molecular flexibility index (Phi) is 2.25. The lowest BCUT2D eigenvalue weighted by Gasteiger charge is -2.06. The molecule has 0 aliphatic heterocycles. The number of hydrogen-bond acceptors (Lipinski definition) is 3. The Hall–Kier alpha value is -2.10. The number of carbonyl (C=O) groups excluding carboxylic acids is 1. The summed E-state index contributed by atoms with van der Waals surface area (Å²) >= 11 is 0. The molecule has 0 saturated carbocycles. The maximum atomic E-state index is 11.2. The highest BCUT2D eigenvalue weighted by atomic mass is 16.5. The topological polar surface area (TPSA) is 65.2 Å². The molecular weight excluding hydrogens is 192 g/mol. The quantitative estimate of drug-likeness (QED) is 0.799. The van der Waals surface area contributed by atoms with Crippen LogP contribution in [-0.2, 0) is 0 Å². The molecule has 2 N–H and O–H groups in total. The number of hydrogen-bond donors (Lipinski definition) is 1. The van der Waals surface area contributed by atoms with Crippen molar-refractivity contribution in [3.05, 3.63) is 36.0 Å². The number of ether oxygens (including phenoxy) is 1. The van der Waals surface area contributed by atoms with Crippen molar-refractivity contribution in [2.45, 2.75) is 0 Å². The van der Waals surface area contributed by atoms with Gasteiger partial charge in [-0.15, -0.1) is 0 Å². The van der Waals surface area contributed by atoms with Crippen LogP contribution < -0.4 is 10.5 Å². The molecule has 1 heterocycles. The van der Waals surface area contributed by atoms with Crippen molar-refractivity contribution in [1.82, 2.24) is 4.98 Å². The molecule has 4 nitrogen and oxygen atoms in total. The number of carbonyl (C=O) groups is 1. The van der Waals surface area contributed by atoms with Gasteiger partial charge in [0.2, 0.25) is 5.91 Å². The van der Waals surface area contributed by atoms with Gasteiger partial charge in [0.1, 0.15) is 11.3 Å². The first kappa shape index (κ1) is 9.45. The fraction of sp³-hybridized carbons (Fsp3) is 0.0909. The summed E-state index contributed by atoms with van der Waals surface area (Å²) in [5, 5.41) is 0.712. The van der Waals surface area contributed by atoms with E-state index in [4.69, 9.17) is 10.5 Å². The van der Waals surface area contributed by atoms with Crippen LogP contribution in [-0.4, -0.2) is 18.0 Å². The van der Waals surface area contributed by atoms with E-state index in [1.807, 2.05) is 0 Å². The number of benzene rings is 1. The van der Waals surface area contributed by atoms with E-state index in [-0.39, 0.29) is 0 Å². The molecular formula is C11H10N2O2. The summed E-state index contributed by atoms with van der Waals surface area (Å²) in [5.41, 5.74) is 6.37. The lowest BCUT2D eigenvalue weighted by atomic mass is 10.1. The molecule has 0 atom stereocenters. The van der Waals surface area contributed by atoms with Gasteiger partial charge in [-0.2, -0.15) is 0 Å². The molecule has 4 heteroatoms. The Labute approximate surface area is 86.7 Å². The first-order chi connectivity index (χ1) is 7.24. The van der Waals surface area contributed by atoms with Crippen LogP contribution >= 0.6 is 0 Å². The summed E-state index contributed by atoms with van der Waals surface area (Å²) in [5.74, 6) is 0.172. The summed E-state index contributed by atoms with van der Waals surface area (Å²) in [6, 6.07) is 6.89. The minimum Gasteiger partial charge on any atom is -0.494 e. The smallest absolute Gasteiger partial charge is 0.249 e. The number of aromatic nitrogens is 1. The minimum atomic E-state index is -0.462. The molecule has 15 heavy (non-hydrogen) atoms. The second kappa shape index (κ2) is 3.57. The first-order valence-electron chi connectivity index (χ1n) is 4.45. The van der Waals surface area contributed by atoms with Crippen molar-refractivity contribution in [3.63, 3.8) is 0 Å². The highest BCUT2D eigenvalue weighted by molar-refractivity contribution is 6.06. The van der Waals surface area contributed by atoms with E-state index in [1.165, 1.54) is 0 Å². The second-order valence-electron chi connectivity index (χ2n) is 3.08. The van der Waals surface area contributed by atoms with Gasteiger partial charge in [-0.1, -0.05) is 6.07 Å². The average molecular weight is 202 g/mol. The summed E-state index contributed by atoms with van der Waals surface area (Å²) in [6.45, 7) is 0. The number of methoxy groups -OCH3 is 1. The van der Waals surface area contributed by atoms with E-state index < -0.39 is 5.91 Å². The van der Waals surface area contributed by atoms with Gasteiger partial charge in [0.05, 0.1) is 7.11 Å². The van der Waals surface area contributed by atoms with E-state index in [1.54, 1.807) is 37.6 Å². The van der Waals surface area contributed by atoms with Gasteiger partial charge < -0.3 is 10.5 Å². The monoisotopic (exact) mass is 202 g/mol. The number of fused-ring (bicyclic) bond motifs is 1. The summed E-state index contributed by atoms with van der Waals surface area (Å²) in [7, 11) is 1.56. The molecule has 0 fully saturated rings. The number of nitrogens with zero attached hydrogens (tertiary/aromatic N) is 1. The molecule has 0 bridgehead atoms. The Balaban J connectivity index is 2.83. The van der Waals surface area contributed by atoms with Crippen LogP contribution in [0.1, 0.15) is 10.4 Å². The minimum absolute atomic E-state index is 0.457. The molecule has 0 radical (unpaired) electrons. The van der Waals surface area contributed by atoms with Crippen LogP contribution in [0.3, 0.4) is 0 Å². The van der Waals surface area contributed by atoms with Crippen molar-refractivity contribution in [2.24, 2.45) is 5.73 Å². The average Bonchev–Trinajstić information content (AvgIpc) is 2.27. The van der Waals surface area contributed by atoms with Crippen LogP contribution in [0.2, 0.25) is 0 Å². The molecule has 1 aromatic heterocycles. The Morgan fingerprint density at radius 3 is 2.87 bits per heavy atom. The van der Waals surface area contributed by atoms with Gasteiger partial charge in [-0.05, 0) is 18.2 Å². The van der Waals surface area contributed by atoms with E-state index in [0.717, 1.165) is 0 Å². The van der Waals surface area contributed by atoms with E-state index in [0.29, 0.717) is 22.2 Å². The summed E-state index contributed by atoms with van der Waals surface area (Å²) < 4.78 is 5.15. The highest BCUT2D eigenvalue weighted by Crippen LogP contribution is 2.25. The standard InChI is InChI=1S/C11H10N2O2/c1-15-9-5-4-8(11(12)14)7-3-2-6-13-10(7)9/h2-6H,1H3,(H2,12,14). The largest absolute Gasteiger partial charge is 0.494 e. The zero-order chi connectivity index (χ0) is 10.8. The molecule has 1 amide bonds. The Morgan fingerprint density at radius 2 is 2.20 bits per heavy atom. The van der Waals surface area contributed by atoms with Gasteiger partial charge >= 0.3 is 0 Å². The fourth-order valence-electron chi connectivity index (χ4n) is 1.53. The normalized spacial score (nSPS) is 10.2. The summed E-state index contributed by atoms with van der Waals surface area (Å²) in [6.07, 6.45) is 1.65. The SMILES string of the molecule is COc1ccc(C(N)=O)c2cccnc12. The lowest BCUT2D eigenvalue weighted by molar-refractivity contribution is 0.100. The first-order valence-corrected chi connectivity index (χ1v) is 4.45. The van der Waals surface area contributed by atoms with Crippen LogP contribution in [0, 0.1) is 0 Å². The maximum Gasteiger partial charge on any atom is 0.249 e. The van der Waals surface area contributed by atoms with Gasteiger partial charge in [-0.3, -0.25) is 9.78 Å². The molecule has 0 unspecified atom stereocenters.